The lowest BCUT2D eigenvalue weighted by Gasteiger charge is -2.12. The molecule has 0 fully saturated rings. The van der Waals surface area contributed by atoms with Crippen LogP contribution in [0.25, 0.3) is 17.3 Å². The molecule has 0 radical (unpaired) electrons. The molecule has 0 atom stereocenters. The first-order chi connectivity index (χ1) is 22.1. The van der Waals surface area contributed by atoms with E-state index in [-0.39, 0.29) is 17.4 Å². The van der Waals surface area contributed by atoms with E-state index in [4.69, 9.17) is 46.4 Å². The number of hydrogen-bond acceptors (Lipinski definition) is 6. The van der Waals surface area contributed by atoms with Crippen molar-refractivity contribution in [3.05, 3.63) is 133 Å². The summed E-state index contributed by atoms with van der Waals surface area (Å²) in [6.07, 6.45) is 1.48. The van der Waals surface area contributed by atoms with E-state index in [1.807, 2.05) is 5.38 Å². The summed E-state index contributed by atoms with van der Waals surface area (Å²) in [5, 5.41) is 12.3. The normalized spacial score (nSPS) is 11.2. The minimum absolute atomic E-state index is 0.0168. The zero-order valence-electron chi connectivity index (χ0n) is 23.5. The molecule has 0 saturated heterocycles. The van der Waals surface area contributed by atoms with E-state index in [0.717, 1.165) is 10.5 Å². The number of carbonyl (C=O) groups excluding carboxylic acids is 3. The third-order valence-corrected chi connectivity index (χ3v) is 9.11. The Hall–Kier alpha value is -3.83. The Kier molecular flexibility index (Phi) is 11.4. The van der Waals surface area contributed by atoms with E-state index in [0.29, 0.717) is 47.7 Å². The van der Waals surface area contributed by atoms with Gasteiger partial charge in [0.25, 0.3) is 11.8 Å². The van der Waals surface area contributed by atoms with E-state index in [1.54, 1.807) is 91.0 Å². The molecule has 0 saturated carbocycles. The van der Waals surface area contributed by atoms with Crippen molar-refractivity contribution in [3.8, 4) is 11.3 Å². The van der Waals surface area contributed by atoms with Crippen molar-refractivity contribution in [2.24, 2.45) is 0 Å². The standard InChI is InChI=1S/C33H22Cl4N4O3S2/c34-21-7-6-20(26(36)15-21)14-28(39-31(43)19-4-2-1-3-5-19)32(44)38-23-9-11-24(12-10-23)45-18-30(42)41-33-40-29(17-46-33)25-13-8-22(35)16-27(25)37/h1-17H,18H2,(H,38,44)(H,39,43)(H,40,41,42)/b28-14-. The molecule has 5 rings (SSSR count). The molecule has 1 aromatic heterocycles. The van der Waals surface area contributed by atoms with Gasteiger partial charge in [0.15, 0.2) is 5.13 Å². The summed E-state index contributed by atoms with van der Waals surface area (Å²) in [6, 6.07) is 25.5. The Balaban J connectivity index is 1.20. The van der Waals surface area contributed by atoms with Gasteiger partial charge in [-0.1, -0.05) is 70.7 Å². The summed E-state index contributed by atoms with van der Waals surface area (Å²) in [6.45, 7) is 0. The van der Waals surface area contributed by atoms with Gasteiger partial charge in [-0.25, -0.2) is 4.98 Å². The predicted octanol–water partition coefficient (Wildman–Crippen LogP) is 9.56. The summed E-state index contributed by atoms with van der Waals surface area (Å²) in [7, 11) is 0. The maximum Gasteiger partial charge on any atom is 0.272 e. The van der Waals surface area contributed by atoms with Crippen LogP contribution in [0, 0.1) is 0 Å². The lowest BCUT2D eigenvalue weighted by Crippen LogP contribution is -2.30. The van der Waals surface area contributed by atoms with Gasteiger partial charge in [0.05, 0.1) is 16.5 Å². The molecule has 0 aliphatic heterocycles. The fourth-order valence-electron chi connectivity index (χ4n) is 4.01. The summed E-state index contributed by atoms with van der Waals surface area (Å²) in [4.78, 5) is 44.1. The van der Waals surface area contributed by atoms with Crippen molar-refractivity contribution < 1.29 is 14.4 Å². The van der Waals surface area contributed by atoms with Gasteiger partial charge in [-0.15, -0.1) is 23.1 Å². The van der Waals surface area contributed by atoms with E-state index in [2.05, 4.69) is 20.9 Å². The van der Waals surface area contributed by atoms with Crippen LogP contribution in [0.3, 0.4) is 0 Å². The average molecular weight is 729 g/mol. The maximum absolute atomic E-state index is 13.3. The Bertz CT molecular complexity index is 1930. The summed E-state index contributed by atoms with van der Waals surface area (Å²) < 4.78 is 0. The maximum atomic E-state index is 13.3. The zero-order valence-corrected chi connectivity index (χ0v) is 28.2. The number of halogens is 4. The molecule has 3 N–H and O–H groups in total. The summed E-state index contributed by atoms with van der Waals surface area (Å²) >= 11 is 27.2. The molecule has 0 unspecified atom stereocenters. The lowest BCUT2D eigenvalue weighted by molar-refractivity contribution is -0.114. The van der Waals surface area contributed by atoms with Crippen molar-refractivity contribution in [3.63, 3.8) is 0 Å². The number of nitrogens with zero attached hydrogens (tertiary/aromatic N) is 1. The van der Waals surface area contributed by atoms with Crippen LogP contribution < -0.4 is 16.0 Å². The zero-order chi connectivity index (χ0) is 32.6. The smallest absolute Gasteiger partial charge is 0.272 e. The first kappa shape index (κ1) is 33.5. The van der Waals surface area contributed by atoms with E-state index >= 15 is 0 Å². The van der Waals surface area contributed by atoms with Crippen LogP contribution in [-0.2, 0) is 9.59 Å². The number of thiazole rings is 1. The molecule has 7 nitrogen and oxygen atoms in total. The highest BCUT2D eigenvalue weighted by Gasteiger charge is 2.16. The number of anilines is 2. The Labute approximate surface area is 292 Å². The second-order valence-corrected chi connectivity index (χ2v) is 13.1. The number of aromatic nitrogens is 1. The highest BCUT2D eigenvalue weighted by molar-refractivity contribution is 8.00. The van der Waals surface area contributed by atoms with Gasteiger partial charge in [-0.2, -0.15) is 0 Å². The fraction of sp³-hybridized carbons (Fsp3) is 0.0303. The molecule has 1 heterocycles. The highest BCUT2D eigenvalue weighted by atomic mass is 35.5. The van der Waals surface area contributed by atoms with Gasteiger partial charge in [-0.3, -0.25) is 14.4 Å². The Morgan fingerprint density at radius 2 is 1.50 bits per heavy atom. The first-order valence-electron chi connectivity index (χ1n) is 13.4. The van der Waals surface area contributed by atoms with Crippen molar-refractivity contribution >= 4 is 104 Å². The van der Waals surface area contributed by atoms with E-state index < -0.39 is 11.8 Å². The van der Waals surface area contributed by atoms with Crippen molar-refractivity contribution in [1.82, 2.24) is 10.3 Å². The first-order valence-corrected chi connectivity index (χ1v) is 16.8. The third kappa shape index (κ3) is 9.13. The molecule has 232 valence electrons. The lowest BCUT2D eigenvalue weighted by atomic mass is 10.1. The fourth-order valence-corrected chi connectivity index (χ4v) is 6.40. The van der Waals surface area contributed by atoms with Crippen molar-refractivity contribution in [1.29, 1.82) is 0 Å². The number of rotatable bonds is 10. The molecular formula is C33H22Cl4N4O3S2. The molecule has 13 heteroatoms. The van der Waals surface area contributed by atoms with Crippen LogP contribution in [-0.4, -0.2) is 28.5 Å². The molecule has 0 aliphatic rings. The van der Waals surface area contributed by atoms with Crippen molar-refractivity contribution in [2.75, 3.05) is 16.4 Å². The number of hydrogen-bond donors (Lipinski definition) is 3. The number of benzene rings is 4. The third-order valence-electron chi connectivity index (χ3n) is 6.23. The molecule has 0 spiro atoms. The van der Waals surface area contributed by atoms with Gasteiger partial charge in [-0.05, 0) is 78.4 Å². The van der Waals surface area contributed by atoms with Crippen LogP contribution in [0.4, 0.5) is 10.8 Å². The molecule has 46 heavy (non-hydrogen) atoms. The van der Waals surface area contributed by atoms with E-state index in [1.165, 1.54) is 29.2 Å². The minimum Gasteiger partial charge on any atom is -0.321 e. The average Bonchev–Trinajstić information content (AvgIpc) is 3.49. The van der Waals surface area contributed by atoms with Gasteiger partial charge in [0.1, 0.15) is 5.70 Å². The largest absolute Gasteiger partial charge is 0.321 e. The second-order valence-electron chi connectivity index (χ2n) is 9.52. The summed E-state index contributed by atoms with van der Waals surface area (Å²) in [5.74, 6) is -1.10. The molecule has 4 aromatic carbocycles. The quantitative estimate of drug-likeness (QED) is 0.0983. The topological polar surface area (TPSA) is 100 Å². The molecular weight excluding hydrogens is 706 g/mol. The second kappa shape index (κ2) is 15.6. The predicted molar refractivity (Wildman–Crippen MR) is 190 cm³/mol. The Morgan fingerprint density at radius 3 is 2.20 bits per heavy atom. The van der Waals surface area contributed by atoms with Crippen LogP contribution in [0.5, 0.6) is 0 Å². The number of carbonyl (C=O) groups is 3. The van der Waals surface area contributed by atoms with Gasteiger partial charge < -0.3 is 16.0 Å². The van der Waals surface area contributed by atoms with Gasteiger partial charge in [0.2, 0.25) is 5.91 Å². The van der Waals surface area contributed by atoms with Crippen molar-refractivity contribution in [2.45, 2.75) is 4.90 Å². The monoisotopic (exact) mass is 726 g/mol. The summed E-state index contributed by atoms with van der Waals surface area (Å²) in [5.41, 5.74) is 2.71. The Morgan fingerprint density at radius 1 is 0.804 bits per heavy atom. The molecule has 3 amide bonds. The van der Waals surface area contributed by atoms with Crippen LogP contribution >= 0.6 is 69.5 Å². The molecule has 0 bridgehead atoms. The van der Waals surface area contributed by atoms with Gasteiger partial charge >= 0.3 is 0 Å². The van der Waals surface area contributed by atoms with Crippen LogP contribution in [0.2, 0.25) is 20.1 Å². The number of thioether (sulfide) groups is 1. The molecule has 0 aliphatic carbocycles. The number of nitrogens with one attached hydrogen (secondary N) is 3. The van der Waals surface area contributed by atoms with Gasteiger partial charge in [0, 0.05) is 42.2 Å². The van der Waals surface area contributed by atoms with Crippen LogP contribution in [0.15, 0.2) is 107 Å². The van der Waals surface area contributed by atoms with Crippen LogP contribution in [0.1, 0.15) is 15.9 Å². The molecule has 5 aromatic rings. The highest BCUT2D eigenvalue weighted by Crippen LogP contribution is 2.32. The SMILES string of the molecule is O=C(CSc1ccc(NC(=O)/C(=C/c2ccc(Cl)cc2Cl)NC(=O)c2ccccc2)cc1)Nc1nc(-c2ccc(Cl)cc2Cl)cs1. The van der Waals surface area contributed by atoms with E-state index in [9.17, 15) is 14.4 Å². The minimum atomic E-state index is -0.558. The number of amides is 3.